The molecule has 0 spiro atoms. The van der Waals surface area contributed by atoms with Crippen LogP contribution in [0.3, 0.4) is 0 Å². The standard InChI is InChI=1S/C26H37ClFN5O2/c27-22-16-30-25(32-19-3-1-18(2-4-19)29-15-20-9-12-35-20)13-21(22)24-6-5-23(28)26(33-24)31-14-17-7-10-34-11-8-17/h5-6,13,16-20,26,29,31,33H,1-4,7-12,14-15H2,(H,30,32). The molecule has 1 saturated carbocycles. The molecule has 2 saturated heterocycles. The summed E-state index contributed by atoms with van der Waals surface area (Å²) in [5.41, 5.74) is 1.61. The second kappa shape index (κ2) is 12.0. The number of rotatable bonds is 9. The summed E-state index contributed by atoms with van der Waals surface area (Å²) in [6.45, 7) is 4.18. The first-order valence-electron chi connectivity index (χ1n) is 13.1. The number of pyridine rings is 1. The summed E-state index contributed by atoms with van der Waals surface area (Å²) in [4.78, 5) is 4.51. The lowest BCUT2D eigenvalue weighted by Crippen LogP contribution is -2.45. The van der Waals surface area contributed by atoms with E-state index in [2.05, 4.69) is 26.3 Å². The number of dihydropyridines is 1. The molecule has 1 aliphatic carbocycles. The molecule has 35 heavy (non-hydrogen) atoms. The summed E-state index contributed by atoms with van der Waals surface area (Å²) in [6, 6.07) is 2.91. The first-order chi connectivity index (χ1) is 17.1. The van der Waals surface area contributed by atoms with Gasteiger partial charge in [-0.1, -0.05) is 11.6 Å². The third-order valence-corrected chi connectivity index (χ3v) is 7.89. The summed E-state index contributed by atoms with van der Waals surface area (Å²) in [6.07, 6.45) is 12.4. The molecule has 3 aliphatic heterocycles. The van der Waals surface area contributed by atoms with E-state index < -0.39 is 6.17 Å². The van der Waals surface area contributed by atoms with E-state index in [1.165, 1.54) is 12.5 Å². The molecule has 7 nitrogen and oxygen atoms in total. The van der Waals surface area contributed by atoms with Crippen molar-refractivity contribution >= 4 is 23.1 Å². The fourth-order valence-electron chi connectivity index (χ4n) is 5.20. The van der Waals surface area contributed by atoms with Crippen LogP contribution in [0.2, 0.25) is 5.02 Å². The zero-order valence-corrected chi connectivity index (χ0v) is 21.0. The maximum Gasteiger partial charge on any atom is 0.137 e. The molecule has 1 aromatic rings. The fourth-order valence-corrected chi connectivity index (χ4v) is 5.41. The van der Waals surface area contributed by atoms with Gasteiger partial charge in [-0.15, -0.1) is 0 Å². The number of hydrogen-bond acceptors (Lipinski definition) is 7. The molecule has 2 unspecified atom stereocenters. The fraction of sp³-hybridized carbons (Fsp3) is 0.654. The Balaban J connectivity index is 1.14. The Hall–Kier alpha value is -1.71. The second-order valence-corrected chi connectivity index (χ2v) is 10.5. The number of ether oxygens (including phenoxy) is 2. The van der Waals surface area contributed by atoms with Crippen molar-refractivity contribution in [1.29, 1.82) is 0 Å². The van der Waals surface area contributed by atoms with Crippen molar-refractivity contribution in [2.75, 3.05) is 38.2 Å². The van der Waals surface area contributed by atoms with Crippen LogP contribution in [-0.2, 0) is 9.47 Å². The highest BCUT2D eigenvalue weighted by molar-refractivity contribution is 6.32. The molecule has 1 aromatic heterocycles. The van der Waals surface area contributed by atoms with Crippen molar-refractivity contribution in [2.45, 2.75) is 69.3 Å². The van der Waals surface area contributed by atoms with Crippen LogP contribution in [0.4, 0.5) is 10.2 Å². The molecule has 3 fully saturated rings. The minimum atomic E-state index is -0.563. The van der Waals surface area contributed by atoms with Gasteiger partial charge in [0.25, 0.3) is 0 Å². The molecule has 4 heterocycles. The topological polar surface area (TPSA) is 79.5 Å². The Labute approximate surface area is 212 Å². The zero-order chi connectivity index (χ0) is 24.0. The van der Waals surface area contributed by atoms with E-state index in [0.717, 1.165) is 88.5 Å². The van der Waals surface area contributed by atoms with Gasteiger partial charge in [-0.3, -0.25) is 5.32 Å². The predicted molar refractivity (Wildman–Crippen MR) is 137 cm³/mol. The lowest BCUT2D eigenvalue weighted by Gasteiger charge is -2.33. The van der Waals surface area contributed by atoms with Crippen molar-refractivity contribution in [3.63, 3.8) is 0 Å². The smallest absolute Gasteiger partial charge is 0.137 e. The quantitative estimate of drug-likeness (QED) is 0.404. The molecule has 4 N–H and O–H groups in total. The Morgan fingerprint density at radius 2 is 1.74 bits per heavy atom. The van der Waals surface area contributed by atoms with Gasteiger partial charge in [0.1, 0.15) is 17.8 Å². The van der Waals surface area contributed by atoms with Gasteiger partial charge in [-0.25, -0.2) is 9.37 Å². The van der Waals surface area contributed by atoms with Crippen LogP contribution in [0, 0.1) is 5.92 Å². The van der Waals surface area contributed by atoms with E-state index in [1.54, 1.807) is 12.3 Å². The maximum absolute atomic E-state index is 14.5. The monoisotopic (exact) mass is 505 g/mol. The lowest BCUT2D eigenvalue weighted by molar-refractivity contribution is -0.0499. The molecule has 9 heteroatoms. The van der Waals surface area contributed by atoms with Gasteiger partial charge in [0.15, 0.2) is 0 Å². The Kier molecular flexibility index (Phi) is 8.57. The SMILES string of the molecule is FC1=CC=C(c2cc(NC3CCC(NCC4CCO4)CC3)ncc2Cl)NC1NCC1CCOCC1. The van der Waals surface area contributed by atoms with Gasteiger partial charge in [0, 0.05) is 62.5 Å². The highest BCUT2D eigenvalue weighted by Crippen LogP contribution is 2.29. The summed E-state index contributed by atoms with van der Waals surface area (Å²) in [5, 5.41) is 14.4. The third kappa shape index (κ3) is 6.74. The Morgan fingerprint density at radius 3 is 2.49 bits per heavy atom. The molecular formula is C26H37ClFN5O2. The number of aromatic nitrogens is 1. The van der Waals surface area contributed by atoms with Crippen LogP contribution in [-0.4, -0.2) is 62.2 Å². The number of halogens is 2. The number of nitrogens with zero attached hydrogens (tertiary/aromatic N) is 1. The molecule has 5 rings (SSSR count). The number of allylic oxidation sites excluding steroid dienone is 2. The van der Waals surface area contributed by atoms with Crippen LogP contribution >= 0.6 is 11.6 Å². The first kappa shape index (κ1) is 25.0. The molecular weight excluding hydrogens is 469 g/mol. The molecule has 0 aromatic carbocycles. The highest BCUT2D eigenvalue weighted by atomic mass is 35.5. The van der Waals surface area contributed by atoms with Crippen LogP contribution in [0.15, 0.2) is 30.2 Å². The highest BCUT2D eigenvalue weighted by Gasteiger charge is 2.25. The summed E-state index contributed by atoms with van der Waals surface area (Å²) in [7, 11) is 0. The van der Waals surface area contributed by atoms with E-state index in [0.29, 0.717) is 29.1 Å². The molecule has 192 valence electrons. The van der Waals surface area contributed by atoms with Gasteiger partial charge < -0.3 is 25.4 Å². The van der Waals surface area contributed by atoms with Gasteiger partial charge in [0.2, 0.25) is 0 Å². The van der Waals surface area contributed by atoms with E-state index in [1.807, 2.05) is 6.07 Å². The summed E-state index contributed by atoms with van der Waals surface area (Å²) in [5.74, 6) is 1.08. The largest absolute Gasteiger partial charge is 0.381 e. The van der Waals surface area contributed by atoms with Crippen LogP contribution < -0.4 is 21.3 Å². The van der Waals surface area contributed by atoms with Crippen LogP contribution in [0.1, 0.15) is 50.5 Å². The van der Waals surface area contributed by atoms with Crippen molar-refractivity contribution in [3.8, 4) is 0 Å². The summed E-state index contributed by atoms with van der Waals surface area (Å²) >= 11 is 6.51. The lowest BCUT2D eigenvalue weighted by atomic mass is 9.91. The van der Waals surface area contributed by atoms with Gasteiger partial charge in [0.05, 0.1) is 11.1 Å². The average molecular weight is 506 g/mol. The van der Waals surface area contributed by atoms with Crippen molar-refractivity contribution in [1.82, 2.24) is 20.9 Å². The van der Waals surface area contributed by atoms with Crippen molar-refractivity contribution in [3.05, 3.63) is 40.8 Å². The molecule has 0 radical (unpaired) electrons. The van der Waals surface area contributed by atoms with E-state index >= 15 is 0 Å². The van der Waals surface area contributed by atoms with Crippen molar-refractivity contribution < 1.29 is 13.9 Å². The van der Waals surface area contributed by atoms with Gasteiger partial charge in [-0.05, 0) is 69.1 Å². The van der Waals surface area contributed by atoms with Crippen LogP contribution in [0.5, 0.6) is 0 Å². The molecule has 2 atom stereocenters. The van der Waals surface area contributed by atoms with E-state index in [4.69, 9.17) is 21.1 Å². The first-order valence-corrected chi connectivity index (χ1v) is 13.4. The van der Waals surface area contributed by atoms with Gasteiger partial charge >= 0.3 is 0 Å². The number of anilines is 1. The summed E-state index contributed by atoms with van der Waals surface area (Å²) < 4.78 is 25.5. The number of nitrogens with one attached hydrogen (secondary N) is 4. The second-order valence-electron chi connectivity index (χ2n) is 10.1. The Morgan fingerprint density at radius 1 is 0.971 bits per heavy atom. The Bertz CT molecular complexity index is 911. The zero-order valence-electron chi connectivity index (χ0n) is 20.2. The molecule has 0 amide bonds. The predicted octanol–water partition coefficient (Wildman–Crippen LogP) is 3.98. The maximum atomic E-state index is 14.5. The average Bonchev–Trinajstić information content (AvgIpc) is 2.85. The molecule has 4 aliphatic rings. The van der Waals surface area contributed by atoms with Gasteiger partial charge in [-0.2, -0.15) is 0 Å². The minimum absolute atomic E-state index is 0.224. The number of hydrogen-bond donors (Lipinski definition) is 4. The van der Waals surface area contributed by atoms with E-state index in [-0.39, 0.29) is 5.83 Å². The normalized spacial score (nSPS) is 29.5. The van der Waals surface area contributed by atoms with Crippen molar-refractivity contribution in [2.24, 2.45) is 5.92 Å². The van der Waals surface area contributed by atoms with Crippen LogP contribution in [0.25, 0.3) is 5.70 Å². The molecule has 0 bridgehead atoms. The third-order valence-electron chi connectivity index (χ3n) is 7.59. The van der Waals surface area contributed by atoms with E-state index in [9.17, 15) is 4.39 Å². The minimum Gasteiger partial charge on any atom is -0.381 e.